The first kappa shape index (κ1) is 16.2. The number of anilines is 1. The Morgan fingerprint density at radius 3 is 2.12 bits per heavy atom. The number of benzene rings is 2. The average molecular weight is 327 g/mol. The highest BCUT2D eigenvalue weighted by Crippen LogP contribution is 2.48. The molecule has 3 rings (SSSR count). The quantitative estimate of drug-likeness (QED) is 0.842. The smallest absolute Gasteiger partial charge is 0.227 e. The Kier molecular flexibility index (Phi) is 4.60. The van der Waals surface area contributed by atoms with Gasteiger partial charge in [-0.2, -0.15) is 0 Å². The van der Waals surface area contributed by atoms with Crippen LogP contribution < -0.4 is 19.1 Å². The van der Waals surface area contributed by atoms with E-state index >= 15 is 0 Å². The van der Waals surface area contributed by atoms with E-state index in [4.69, 9.17) is 14.2 Å². The molecule has 0 N–H and O–H groups in total. The van der Waals surface area contributed by atoms with E-state index in [-0.39, 0.29) is 11.9 Å². The van der Waals surface area contributed by atoms with Crippen molar-refractivity contribution in [2.75, 3.05) is 26.2 Å². The van der Waals surface area contributed by atoms with E-state index in [1.165, 1.54) is 0 Å². The van der Waals surface area contributed by atoms with E-state index in [2.05, 4.69) is 0 Å². The Balaban J connectivity index is 2.13. The molecular formula is C19H21NO4. The van der Waals surface area contributed by atoms with Crippen molar-refractivity contribution in [1.29, 1.82) is 0 Å². The minimum Gasteiger partial charge on any atom is -0.496 e. The van der Waals surface area contributed by atoms with Crippen molar-refractivity contribution in [3.8, 4) is 17.2 Å². The van der Waals surface area contributed by atoms with Crippen molar-refractivity contribution >= 4 is 11.6 Å². The minimum atomic E-state index is -0.0325. The fourth-order valence-electron chi connectivity index (χ4n) is 3.18. The molecule has 1 aliphatic heterocycles. The van der Waals surface area contributed by atoms with Gasteiger partial charge in [-0.15, -0.1) is 0 Å². The van der Waals surface area contributed by atoms with Crippen LogP contribution in [0.25, 0.3) is 0 Å². The summed E-state index contributed by atoms with van der Waals surface area (Å²) in [5, 5.41) is 0. The van der Waals surface area contributed by atoms with Gasteiger partial charge in [0.1, 0.15) is 22.9 Å². The van der Waals surface area contributed by atoms with Gasteiger partial charge in [0.15, 0.2) is 0 Å². The van der Waals surface area contributed by atoms with Crippen LogP contribution in [0.1, 0.15) is 24.4 Å². The molecule has 1 saturated heterocycles. The molecule has 0 spiro atoms. The number of nitrogens with zero attached hydrogens (tertiary/aromatic N) is 1. The SMILES string of the molecule is COc1cc(OC)c(N2C(=O)CCC2c2ccccc2)c(OC)c1. The molecule has 2 aromatic carbocycles. The van der Waals surface area contributed by atoms with Crippen molar-refractivity contribution in [3.05, 3.63) is 48.0 Å². The molecule has 0 radical (unpaired) electrons. The van der Waals surface area contributed by atoms with Gasteiger partial charge in [0, 0.05) is 18.6 Å². The summed E-state index contributed by atoms with van der Waals surface area (Å²) < 4.78 is 16.3. The molecule has 1 atom stereocenters. The lowest BCUT2D eigenvalue weighted by molar-refractivity contribution is -0.117. The first-order valence-corrected chi connectivity index (χ1v) is 7.86. The van der Waals surface area contributed by atoms with Crippen molar-refractivity contribution in [3.63, 3.8) is 0 Å². The fraction of sp³-hybridized carbons (Fsp3) is 0.316. The molecule has 2 aromatic rings. The predicted octanol–water partition coefficient (Wildman–Crippen LogP) is 3.58. The Hall–Kier alpha value is -2.69. The van der Waals surface area contributed by atoms with Gasteiger partial charge >= 0.3 is 0 Å². The van der Waals surface area contributed by atoms with E-state index in [9.17, 15) is 4.79 Å². The normalized spacial score (nSPS) is 17.0. The standard InChI is InChI=1S/C19H21NO4/c1-22-14-11-16(23-2)19(17(12-14)24-3)20-15(9-10-18(20)21)13-7-5-4-6-8-13/h4-8,11-12,15H,9-10H2,1-3H3. The number of carbonyl (C=O) groups is 1. The van der Waals surface area contributed by atoms with Gasteiger partial charge in [-0.1, -0.05) is 30.3 Å². The summed E-state index contributed by atoms with van der Waals surface area (Å²) >= 11 is 0. The molecule has 126 valence electrons. The average Bonchev–Trinajstić information content (AvgIpc) is 3.02. The number of carbonyl (C=O) groups excluding carboxylic acids is 1. The highest BCUT2D eigenvalue weighted by Gasteiger charge is 2.37. The largest absolute Gasteiger partial charge is 0.496 e. The van der Waals surface area contributed by atoms with E-state index in [0.29, 0.717) is 29.4 Å². The third-order valence-electron chi connectivity index (χ3n) is 4.33. The topological polar surface area (TPSA) is 48.0 Å². The van der Waals surface area contributed by atoms with Gasteiger partial charge in [-0.25, -0.2) is 0 Å². The van der Waals surface area contributed by atoms with Gasteiger partial charge in [-0.3, -0.25) is 9.69 Å². The molecule has 1 aliphatic rings. The van der Waals surface area contributed by atoms with Crippen molar-refractivity contribution < 1.29 is 19.0 Å². The number of ether oxygens (including phenoxy) is 3. The van der Waals surface area contributed by atoms with Gasteiger partial charge in [-0.05, 0) is 12.0 Å². The molecule has 1 unspecified atom stereocenters. The van der Waals surface area contributed by atoms with Gasteiger partial charge in [0.05, 0.1) is 27.4 Å². The minimum absolute atomic E-state index is 0.0325. The second-order valence-electron chi connectivity index (χ2n) is 5.61. The molecule has 1 amide bonds. The number of amides is 1. The van der Waals surface area contributed by atoms with Crippen LogP contribution in [0.15, 0.2) is 42.5 Å². The van der Waals surface area contributed by atoms with Gasteiger partial charge < -0.3 is 14.2 Å². The lowest BCUT2D eigenvalue weighted by Crippen LogP contribution is -2.28. The Morgan fingerprint density at radius 1 is 0.958 bits per heavy atom. The monoisotopic (exact) mass is 327 g/mol. The summed E-state index contributed by atoms with van der Waals surface area (Å²) in [6.07, 6.45) is 1.26. The lowest BCUT2D eigenvalue weighted by atomic mass is 10.0. The predicted molar refractivity (Wildman–Crippen MR) is 92.0 cm³/mol. The fourth-order valence-corrected chi connectivity index (χ4v) is 3.18. The van der Waals surface area contributed by atoms with Crippen LogP contribution in [0.2, 0.25) is 0 Å². The Bertz CT molecular complexity index is 704. The van der Waals surface area contributed by atoms with Crippen LogP contribution in [-0.4, -0.2) is 27.2 Å². The number of methoxy groups -OCH3 is 3. The molecule has 0 saturated carbocycles. The van der Waals surface area contributed by atoms with Crippen LogP contribution >= 0.6 is 0 Å². The number of rotatable bonds is 5. The third kappa shape index (κ3) is 2.77. The zero-order chi connectivity index (χ0) is 17.1. The highest BCUT2D eigenvalue weighted by atomic mass is 16.5. The second-order valence-corrected chi connectivity index (χ2v) is 5.61. The maximum atomic E-state index is 12.6. The maximum Gasteiger partial charge on any atom is 0.227 e. The summed E-state index contributed by atoms with van der Waals surface area (Å²) in [5.41, 5.74) is 1.75. The van der Waals surface area contributed by atoms with Crippen molar-refractivity contribution in [1.82, 2.24) is 0 Å². The van der Waals surface area contributed by atoms with E-state index < -0.39 is 0 Å². The van der Waals surface area contributed by atoms with Crippen LogP contribution in [0.4, 0.5) is 5.69 Å². The van der Waals surface area contributed by atoms with E-state index in [0.717, 1.165) is 12.0 Å². The van der Waals surface area contributed by atoms with Gasteiger partial charge in [0.25, 0.3) is 0 Å². The molecular weight excluding hydrogens is 306 g/mol. The van der Waals surface area contributed by atoms with Crippen LogP contribution in [0.3, 0.4) is 0 Å². The van der Waals surface area contributed by atoms with E-state index in [1.807, 2.05) is 30.3 Å². The molecule has 24 heavy (non-hydrogen) atoms. The van der Waals surface area contributed by atoms with Crippen LogP contribution in [0.5, 0.6) is 17.2 Å². The molecule has 5 heteroatoms. The first-order chi connectivity index (χ1) is 11.7. The summed E-state index contributed by atoms with van der Waals surface area (Å²) in [7, 11) is 4.74. The summed E-state index contributed by atoms with van der Waals surface area (Å²) in [6.45, 7) is 0. The zero-order valence-electron chi connectivity index (χ0n) is 14.1. The third-order valence-corrected chi connectivity index (χ3v) is 4.33. The maximum absolute atomic E-state index is 12.6. The zero-order valence-corrected chi connectivity index (χ0v) is 14.1. The molecule has 0 aliphatic carbocycles. The van der Waals surface area contributed by atoms with Crippen molar-refractivity contribution in [2.24, 2.45) is 0 Å². The molecule has 1 fully saturated rings. The lowest BCUT2D eigenvalue weighted by Gasteiger charge is -2.28. The molecule has 5 nitrogen and oxygen atoms in total. The van der Waals surface area contributed by atoms with Crippen LogP contribution in [0, 0.1) is 0 Å². The van der Waals surface area contributed by atoms with Gasteiger partial charge in [0.2, 0.25) is 5.91 Å². The molecule has 1 heterocycles. The van der Waals surface area contributed by atoms with Crippen molar-refractivity contribution in [2.45, 2.75) is 18.9 Å². The summed E-state index contributed by atoms with van der Waals surface area (Å²) in [4.78, 5) is 14.4. The van der Waals surface area contributed by atoms with Crippen LogP contribution in [-0.2, 0) is 4.79 Å². The van der Waals surface area contributed by atoms with E-state index in [1.54, 1.807) is 38.4 Å². The second kappa shape index (κ2) is 6.83. The Morgan fingerprint density at radius 2 is 1.58 bits per heavy atom. The number of hydrogen-bond donors (Lipinski definition) is 0. The molecule has 0 bridgehead atoms. The summed E-state index contributed by atoms with van der Waals surface area (Å²) in [5.74, 6) is 1.80. The first-order valence-electron chi connectivity index (χ1n) is 7.86. The highest BCUT2D eigenvalue weighted by molar-refractivity contribution is 5.99. The number of hydrogen-bond acceptors (Lipinski definition) is 4. The Labute approximate surface area is 141 Å². The molecule has 0 aromatic heterocycles. The summed E-state index contributed by atoms with van der Waals surface area (Å²) in [6, 6.07) is 13.5.